The van der Waals surface area contributed by atoms with Crippen molar-refractivity contribution >= 4 is 18.0 Å². The number of hydrogen-bond donors (Lipinski definition) is 1. The van der Waals surface area contributed by atoms with Gasteiger partial charge in [0.25, 0.3) is 5.91 Å². The summed E-state index contributed by atoms with van der Waals surface area (Å²) in [6.07, 6.45) is 5.69. The maximum Gasteiger partial charge on any atom is 0.331 e. The number of amides is 1. The van der Waals surface area contributed by atoms with Crippen LogP contribution in [0.3, 0.4) is 0 Å². The van der Waals surface area contributed by atoms with Gasteiger partial charge in [-0.05, 0) is 50.5 Å². The minimum atomic E-state index is -0.572. The number of esters is 1. The lowest BCUT2D eigenvalue weighted by Gasteiger charge is -2.12. The Balaban J connectivity index is 2.58. The van der Waals surface area contributed by atoms with Crippen LogP contribution in [0.1, 0.15) is 52.5 Å². The molecule has 0 bridgehead atoms. The lowest BCUT2D eigenvalue weighted by atomic mass is 10.2. The predicted molar refractivity (Wildman–Crippen MR) is 106 cm³/mol. The fourth-order valence-electron chi connectivity index (χ4n) is 2.40. The first kappa shape index (κ1) is 22.5. The van der Waals surface area contributed by atoms with Gasteiger partial charge in [-0.2, -0.15) is 0 Å². The van der Waals surface area contributed by atoms with Crippen LogP contribution in [-0.4, -0.2) is 37.7 Å². The van der Waals surface area contributed by atoms with E-state index in [1.807, 2.05) is 39.8 Å². The van der Waals surface area contributed by atoms with E-state index in [1.165, 1.54) is 6.08 Å². The van der Waals surface area contributed by atoms with Gasteiger partial charge in [0.05, 0.1) is 13.2 Å². The SMILES string of the molecule is CCCOc1ccc(/C=C/C(=O)OCC(=O)NC(C)CCC)cc1OCC. The van der Waals surface area contributed by atoms with Crippen LogP contribution in [0.5, 0.6) is 11.5 Å². The smallest absolute Gasteiger partial charge is 0.331 e. The third-order valence-electron chi connectivity index (χ3n) is 3.62. The van der Waals surface area contributed by atoms with E-state index in [9.17, 15) is 9.59 Å². The van der Waals surface area contributed by atoms with Crippen LogP contribution in [0.4, 0.5) is 0 Å². The summed E-state index contributed by atoms with van der Waals surface area (Å²) in [5.74, 6) is 0.438. The van der Waals surface area contributed by atoms with Crippen molar-refractivity contribution < 1.29 is 23.8 Å². The Hall–Kier alpha value is -2.50. The largest absolute Gasteiger partial charge is 0.490 e. The zero-order chi connectivity index (χ0) is 20.1. The van der Waals surface area contributed by atoms with Crippen LogP contribution in [-0.2, 0) is 14.3 Å². The van der Waals surface area contributed by atoms with Crippen LogP contribution in [0.2, 0.25) is 0 Å². The van der Waals surface area contributed by atoms with Crippen molar-refractivity contribution in [1.29, 1.82) is 0 Å². The van der Waals surface area contributed by atoms with Gasteiger partial charge in [0.2, 0.25) is 0 Å². The van der Waals surface area contributed by atoms with Gasteiger partial charge in [0, 0.05) is 12.1 Å². The first-order chi connectivity index (χ1) is 13.0. The van der Waals surface area contributed by atoms with Crippen molar-refractivity contribution in [2.75, 3.05) is 19.8 Å². The number of rotatable bonds is 12. The number of nitrogens with one attached hydrogen (secondary N) is 1. The number of ether oxygens (including phenoxy) is 3. The monoisotopic (exact) mass is 377 g/mol. The van der Waals surface area contributed by atoms with Crippen molar-refractivity contribution in [2.45, 2.75) is 53.0 Å². The number of carbonyl (C=O) groups excluding carboxylic acids is 2. The van der Waals surface area contributed by atoms with Gasteiger partial charge in [-0.3, -0.25) is 4.79 Å². The molecule has 1 atom stereocenters. The third kappa shape index (κ3) is 9.13. The summed E-state index contributed by atoms with van der Waals surface area (Å²) in [7, 11) is 0. The molecule has 1 rings (SSSR count). The van der Waals surface area contributed by atoms with Crippen LogP contribution in [0.25, 0.3) is 6.08 Å². The van der Waals surface area contributed by atoms with E-state index < -0.39 is 5.97 Å². The van der Waals surface area contributed by atoms with E-state index in [1.54, 1.807) is 12.1 Å². The minimum Gasteiger partial charge on any atom is -0.490 e. The van der Waals surface area contributed by atoms with Gasteiger partial charge in [-0.1, -0.05) is 26.3 Å². The van der Waals surface area contributed by atoms with Crippen molar-refractivity contribution in [2.24, 2.45) is 0 Å². The molecule has 0 aliphatic heterocycles. The Bertz CT molecular complexity index is 627. The van der Waals surface area contributed by atoms with E-state index in [0.717, 1.165) is 24.8 Å². The molecule has 150 valence electrons. The lowest BCUT2D eigenvalue weighted by Crippen LogP contribution is -2.35. The second-order valence-electron chi connectivity index (χ2n) is 6.19. The molecule has 0 fully saturated rings. The molecule has 0 saturated carbocycles. The van der Waals surface area contributed by atoms with E-state index in [-0.39, 0.29) is 18.6 Å². The molecule has 1 N–H and O–H groups in total. The molecule has 0 aromatic heterocycles. The van der Waals surface area contributed by atoms with E-state index >= 15 is 0 Å². The van der Waals surface area contributed by atoms with E-state index in [4.69, 9.17) is 14.2 Å². The summed E-state index contributed by atoms with van der Waals surface area (Å²) in [5.41, 5.74) is 0.778. The standard InChI is InChI=1S/C21H31NO5/c1-5-8-16(4)22-20(23)15-27-21(24)12-10-17-9-11-18(26-13-6-2)19(14-17)25-7-3/h9-12,14,16H,5-8,13,15H2,1-4H3,(H,22,23)/b12-10+. The molecular weight excluding hydrogens is 346 g/mol. The van der Waals surface area contributed by atoms with E-state index in [0.29, 0.717) is 24.7 Å². The molecule has 1 unspecified atom stereocenters. The van der Waals surface area contributed by atoms with Crippen LogP contribution in [0.15, 0.2) is 24.3 Å². The maximum absolute atomic E-state index is 11.8. The third-order valence-corrected chi connectivity index (χ3v) is 3.62. The van der Waals surface area contributed by atoms with Gasteiger partial charge < -0.3 is 19.5 Å². The Morgan fingerprint density at radius 3 is 2.56 bits per heavy atom. The van der Waals surface area contributed by atoms with Crippen molar-refractivity contribution in [3.63, 3.8) is 0 Å². The average molecular weight is 377 g/mol. The zero-order valence-corrected chi connectivity index (χ0v) is 16.7. The summed E-state index contributed by atoms with van der Waals surface area (Å²) in [5, 5.41) is 2.78. The van der Waals surface area contributed by atoms with E-state index in [2.05, 4.69) is 5.32 Å². The molecule has 1 amide bonds. The molecule has 1 aromatic carbocycles. The number of hydrogen-bond acceptors (Lipinski definition) is 5. The molecule has 0 spiro atoms. The van der Waals surface area contributed by atoms with Crippen molar-refractivity contribution in [3.05, 3.63) is 29.8 Å². The fraction of sp³-hybridized carbons (Fsp3) is 0.524. The van der Waals surface area contributed by atoms with Crippen LogP contribution < -0.4 is 14.8 Å². The lowest BCUT2D eigenvalue weighted by molar-refractivity contribution is -0.144. The molecule has 0 radical (unpaired) electrons. The van der Waals surface area contributed by atoms with Crippen LogP contribution >= 0.6 is 0 Å². The molecule has 6 nitrogen and oxygen atoms in total. The number of carbonyl (C=O) groups is 2. The second kappa shape index (κ2) is 12.8. The molecule has 0 saturated heterocycles. The topological polar surface area (TPSA) is 73.9 Å². The highest BCUT2D eigenvalue weighted by Crippen LogP contribution is 2.29. The molecule has 1 aromatic rings. The maximum atomic E-state index is 11.8. The summed E-state index contributed by atoms with van der Waals surface area (Å²) < 4.78 is 16.2. The first-order valence-electron chi connectivity index (χ1n) is 9.53. The normalized spacial score (nSPS) is 11.9. The van der Waals surface area contributed by atoms with Gasteiger partial charge in [0.15, 0.2) is 18.1 Å². The zero-order valence-electron chi connectivity index (χ0n) is 16.7. The molecule has 27 heavy (non-hydrogen) atoms. The quantitative estimate of drug-likeness (QED) is 0.444. The Morgan fingerprint density at radius 2 is 1.89 bits per heavy atom. The summed E-state index contributed by atoms with van der Waals surface area (Å²) >= 11 is 0. The van der Waals surface area contributed by atoms with Crippen molar-refractivity contribution in [1.82, 2.24) is 5.32 Å². The first-order valence-corrected chi connectivity index (χ1v) is 9.53. The molecular formula is C21H31NO5. The van der Waals surface area contributed by atoms with Gasteiger partial charge >= 0.3 is 5.97 Å². The Labute approximate surface area is 161 Å². The second-order valence-corrected chi connectivity index (χ2v) is 6.19. The van der Waals surface area contributed by atoms with Gasteiger partial charge in [-0.15, -0.1) is 0 Å². The highest BCUT2D eigenvalue weighted by molar-refractivity contribution is 5.89. The van der Waals surface area contributed by atoms with Gasteiger partial charge in [0.1, 0.15) is 0 Å². The van der Waals surface area contributed by atoms with Crippen molar-refractivity contribution in [3.8, 4) is 11.5 Å². The minimum absolute atomic E-state index is 0.0715. The molecule has 6 heteroatoms. The summed E-state index contributed by atoms with van der Waals surface area (Å²) in [6.45, 7) is 8.75. The molecule has 0 aliphatic carbocycles. The average Bonchev–Trinajstić information content (AvgIpc) is 2.64. The Morgan fingerprint density at radius 1 is 1.11 bits per heavy atom. The predicted octanol–water partition coefficient (Wildman–Crippen LogP) is 3.74. The van der Waals surface area contributed by atoms with Crippen LogP contribution in [0, 0.1) is 0 Å². The highest BCUT2D eigenvalue weighted by Gasteiger charge is 2.09. The number of benzene rings is 1. The Kier molecular flexibility index (Phi) is 10.7. The fourth-order valence-corrected chi connectivity index (χ4v) is 2.40. The molecule has 0 heterocycles. The molecule has 0 aliphatic rings. The highest BCUT2D eigenvalue weighted by atomic mass is 16.5. The summed E-state index contributed by atoms with van der Waals surface area (Å²) in [6, 6.07) is 5.52. The van der Waals surface area contributed by atoms with Gasteiger partial charge in [-0.25, -0.2) is 4.79 Å². The summed E-state index contributed by atoms with van der Waals surface area (Å²) in [4.78, 5) is 23.5.